The third-order valence-corrected chi connectivity index (χ3v) is 13.8. The van der Waals surface area contributed by atoms with Gasteiger partial charge < -0.3 is 39.0 Å². The summed E-state index contributed by atoms with van der Waals surface area (Å²) in [6, 6.07) is 24.4. The zero-order chi connectivity index (χ0) is 42.9. The summed E-state index contributed by atoms with van der Waals surface area (Å²) >= 11 is 0. The van der Waals surface area contributed by atoms with Crippen molar-refractivity contribution in [2.45, 2.75) is 103 Å². The Balaban J connectivity index is 0.000000186. The molecule has 8 rings (SSSR count). The van der Waals surface area contributed by atoms with Gasteiger partial charge in [-0.05, 0) is 175 Å². The van der Waals surface area contributed by atoms with Crippen LogP contribution in [0, 0.1) is 23.7 Å². The molecule has 2 aliphatic carbocycles. The topological polar surface area (TPSA) is 93.0 Å². The second-order valence-electron chi connectivity index (χ2n) is 18.4. The highest BCUT2D eigenvalue weighted by Crippen LogP contribution is 2.29. The minimum Gasteiger partial charge on any atom is -0.381 e. The van der Waals surface area contributed by atoms with Gasteiger partial charge in [0.1, 0.15) is 0 Å². The van der Waals surface area contributed by atoms with Crippen LogP contribution in [-0.4, -0.2) is 109 Å². The molecule has 10 nitrogen and oxygen atoms in total. The van der Waals surface area contributed by atoms with E-state index in [1.165, 1.54) is 77.3 Å². The van der Waals surface area contributed by atoms with Gasteiger partial charge in [0.15, 0.2) is 0 Å². The average Bonchev–Trinajstić information content (AvgIpc) is 4.06. The number of likely N-dealkylation sites (tertiary alicyclic amines) is 2. The Kier molecular flexibility index (Phi) is 17.7. The van der Waals surface area contributed by atoms with Crippen molar-refractivity contribution >= 4 is 11.8 Å². The van der Waals surface area contributed by atoms with Gasteiger partial charge >= 0.3 is 0 Å². The molecule has 0 bridgehead atoms. The number of carbonyl (C=O) groups excluding carboxylic acids is 2. The number of amides is 2. The number of aromatic nitrogens is 2. The first-order chi connectivity index (χ1) is 30.4. The predicted octanol–water partition coefficient (Wildman–Crippen LogP) is 9.03. The number of hydrogen-bond acceptors (Lipinski definition) is 6. The molecule has 62 heavy (non-hydrogen) atoms. The second-order valence-corrected chi connectivity index (χ2v) is 18.4. The van der Waals surface area contributed by atoms with Crippen LogP contribution in [0.5, 0.6) is 0 Å². The van der Waals surface area contributed by atoms with Crippen molar-refractivity contribution in [3.8, 4) is 11.4 Å². The van der Waals surface area contributed by atoms with Crippen molar-refractivity contribution in [3.63, 3.8) is 0 Å². The molecular formula is C52H74N6O4. The van der Waals surface area contributed by atoms with Crippen LogP contribution in [0.4, 0.5) is 0 Å². The Morgan fingerprint density at radius 2 is 0.919 bits per heavy atom. The molecule has 2 N–H and O–H groups in total. The Bertz CT molecular complexity index is 1740. The van der Waals surface area contributed by atoms with Crippen LogP contribution < -0.4 is 10.6 Å². The monoisotopic (exact) mass is 847 g/mol. The molecule has 0 unspecified atom stereocenters. The smallest absolute Gasteiger partial charge is 0.251 e. The van der Waals surface area contributed by atoms with Gasteiger partial charge in [-0.3, -0.25) is 9.59 Å². The molecule has 0 radical (unpaired) electrons. The molecule has 6 atom stereocenters. The second kappa shape index (κ2) is 24.0. The lowest BCUT2D eigenvalue weighted by Gasteiger charge is -2.39. The summed E-state index contributed by atoms with van der Waals surface area (Å²) < 4.78 is 15.5. The van der Waals surface area contributed by atoms with Crippen LogP contribution in [0.25, 0.3) is 11.4 Å². The lowest BCUT2D eigenvalue weighted by atomic mass is 9.83. The molecule has 2 amide bonds. The maximum absolute atomic E-state index is 13.0. The van der Waals surface area contributed by atoms with Crippen molar-refractivity contribution in [2.75, 3.05) is 65.7 Å². The molecule has 336 valence electrons. The van der Waals surface area contributed by atoms with Crippen molar-refractivity contribution < 1.29 is 19.1 Å². The van der Waals surface area contributed by atoms with Crippen molar-refractivity contribution in [3.05, 3.63) is 109 Å². The summed E-state index contributed by atoms with van der Waals surface area (Å²) in [4.78, 5) is 31.2. The summed E-state index contributed by atoms with van der Waals surface area (Å²) in [6.45, 7) is 14.4. The third kappa shape index (κ3) is 13.4. The van der Waals surface area contributed by atoms with Crippen LogP contribution in [0.3, 0.4) is 0 Å². The first kappa shape index (κ1) is 45.8. The minimum absolute atomic E-state index is 0.0591. The molecule has 2 saturated heterocycles. The molecule has 10 heteroatoms. The fourth-order valence-electron chi connectivity index (χ4n) is 10.5. The molecule has 0 spiro atoms. The molecule has 2 aromatic carbocycles. The largest absolute Gasteiger partial charge is 0.381 e. The van der Waals surface area contributed by atoms with Crippen LogP contribution >= 0.6 is 0 Å². The highest BCUT2D eigenvalue weighted by Gasteiger charge is 2.32. The Labute approximate surface area is 371 Å². The van der Waals surface area contributed by atoms with Crippen molar-refractivity contribution in [1.82, 2.24) is 29.6 Å². The van der Waals surface area contributed by atoms with Crippen LogP contribution in [0.15, 0.2) is 97.6 Å². The minimum atomic E-state index is 0.0591. The van der Waals surface area contributed by atoms with E-state index in [9.17, 15) is 9.59 Å². The molecule has 4 fully saturated rings. The molecular weight excluding hydrogens is 773 g/mol. The van der Waals surface area contributed by atoms with Gasteiger partial charge in [-0.25, -0.2) is 0 Å². The fourth-order valence-corrected chi connectivity index (χ4v) is 10.5. The van der Waals surface area contributed by atoms with Gasteiger partial charge in [-0.1, -0.05) is 25.7 Å². The number of nitrogens with one attached hydrogen (secondary N) is 2. The zero-order valence-corrected chi connectivity index (χ0v) is 37.7. The van der Waals surface area contributed by atoms with Crippen LogP contribution in [-0.2, 0) is 9.47 Å². The molecule has 4 heterocycles. The van der Waals surface area contributed by atoms with E-state index in [0.717, 1.165) is 87.9 Å². The molecule has 2 saturated carbocycles. The molecule has 2 aromatic heterocycles. The first-order valence-corrected chi connectivity index (χ1v) is 24.1. The van der Waals surface area contributed by atoms with Crippen LogP contribution in [0.1, 0.15) is 112 Å². The fraction of sp³-hybridized carbons (Fsp3) is 0.577. The van der Waals surface area contributed by atoms with E-state index in [0.29, 0.717) is 23.7 Å². The van der Waals surface area contributed by atoms with Crippen molar-refractivity contribution in [2.24, 2.45) is 23.7 Å². The van der Waals surface area contributed by atoms with E-state index in [-0.39, 0.29) is 23.9 Å². The zero-order valence-electron chi connectivity index (χ0n) is 37.7. The normalized spacial score (nSPS) is 24.7. The van der Waals surface area contributed by atoms with Crippen molar-refractivity contribution in [1.29, 1.82) is 0 Å². The first-order valence-electron chi connectivity index (χ1n) is 24.1. The van der Waals surface area contributed by atoms with Gasteiger partial charge in [0.25, 0.3) is 11.8 Å². The van der Waals surface area contributed by atoms with E-state index >= 15 is 0 Å². The van der Waals surface area contributed by atoms with E-state index in [2.05, 4.69) is 43.4 Å². The highest BCUT2D eigenvalue weighted by molar-refractivity contribution is 5.95. The number of carbonyl (C=O) groups is 2. The number of hydrogen-bond donors (Lipinski definition) is 2. The lowest BCUT2D eigenvalue weighted by molar-refractivity contribution is 0.0546. The SMILES string of the molecule is CCOC[C@@H]1CCCN(C[C@@H]2CCCC[C@H]2NC(=O)c2ccc(-n3cccc3)cc2)C1.CCOC[C@@H]1CCCN(C[C@H]2CCCC[C@@H]2NC(=O)c2ccc(-n3cccc3)cc2)C1. The number of piperidine rings is 2. The summed E-state index contributed by atoms with van der Waals surface area (Å²) in [5.41, 5.74) is 3.64. The predicted molar refractivity (Wildman–Crippen MR) is 249 cm³/mol. The Morgan fingerprint density at radius 1 is 0.532 bits per heavy atom. The summed E-state index contributed by atoms with van der Waals surface area (Å²) in [6.07, 6.45) is 22.7. The summed E-state index contributed by atoms with van der Waals surface area (Å²) in [5.74, 6) is 2.52. The quantitative estimate of drug-likeness (QED) is 0.117. The summed E-state index contributed by atoms with van der Waals surface area (Å²) in [7, 11) is 0. The molecule has 2 aliphatic heterocycles. The lowest BCUT2D eigenvalue weighted by Crippen LogP contribution is -2.48. The maximum Gasteiger partial charge on any atom is 0.251 e. The summed E-state index contributed by atoms with van der Waals surface area (Å²) in [5, 5.41) is 6.75. The van der Waals surface area contributed by atoms with Gasteiger partial charge in [0, 0.05) is 98.8 Å². The van der Waals surface area contributed by atoms with E-state index < -0.39 is 0 Å². The maximum atomic E-state index is 13.0. The standard InChI is InChI=1S/2C26H37N3O2/c2*1-2-31-20-21-8-7-15-28(18-21)19-23-9-3-4-10-25(23)27-26(30)22-11-13-24(14-12-22)29-16-5-6-17-29/h2*5-6,11-14,16-17,21,23,25H,2-4,7-10,15,18-20H2,1H3,(H,27,30)/t21-,23+,25-;21-,23-,25+/m11/s1. The van der Waals surface area contributed by atoms with Gasteiger partial charge in [0.05, 0.1) is 13.2 Å². The van der Waals surface area contributed by atoms with Gasteiger partial charge in [-0.15, -0.1) is 0 Å². The number of rotatable bonds is 16. The highest BCUT2D eigenvalue weighted by atomic mass is 16.5. The Morgan fingerprint density at radius 3 is 1.31 bits per heavy atom. The van der Waals surface area contributed by atoms with E-state index in [4.69, 9.17) is 9.47 Å². The van der Waals surface area contributed by atoms with E-state index in [1.807, 2.05) is 97.6 Å². The van der Waals surface area contributed by atoms with Gasteiger partial charge in [0.2, 0.25) is 0 Å². The number of nitrogens with zero attached hydrogens (tertiary/aromatic N) is 4. The van der Waals surface area contributed by atoms with Gasteiger partial charge in [-0.2, -0.15) is 0 Å². The van der Waals surface area contributed by atoms with E-state index in [1.54, 1.807) is 0 Å². The Hall–Kier alpha value is -4.22. The average molecular weight is 847 g/mol. The van der Waals surface area contributed by atoms with Crippen LogP contribution in [0.2, 0.25) is 0 Å². The third-order valence-electron chi connectivity index (χ3n) is 13.8. The number of benzene rings is 2. The molecule has 4 aromatic rings. The molecule has 4 aliphatic rings. The number of ether oxygens (including phenoxy) is 2.